The molecular formula is C16H20F3N3O3. The molecule has 1 aliphatic rings. The van der Waals surface area contributed by atoms with Crippen LogP contribution in [0.1, 0.15) is 26.2 Å². The molecule has 25 heavy (non-hydrogen) atoms. The number of carbonyl (C=O) groups excluding carboxylic acids is 2. The van der Waals surface area contributed by atoms with Crippen molar-refractivity contribution in [2.75, 3.05) is 11.4 Å². The lowest BCUT2D eigenvalue weighted by atomic mass is 10.1. The van der Waals surface area contributed by atoms with Crippen molar-refractivity contribution in [2.45, 2.75) is 44.6 Å². The fourth-order valence-corrected chi connectivity index (χ4v) is 2.54. The zero-order valence-electron chi connectivity index (χ0n) is 13.7. The summed E-state index contributed by atoms with van der Waals surface area (Å²) >= 11 is 0. The number of hydrogen-bond donors (Lipinski definition) is 2. The molecule has 2 unspecified atom stereocenters. The second-order valence-electron chi connectivity index (χ2n) is 5.96. The normalized spacial score (nSPS) is 19.0. The van der Waals surface area contributed by atoms with Gasteiger partial charge in [0.15, 0.2) is 0 Å². The Morgan fingerprint density at radius 2 is 2.20 bits per heavy atom. The van der Waals surface area contributed by atoms with Gasteiger partial charge in [-0.3, -0.25) is 9.59 Å². The van der Waals surface area contributed by atoms with Gasteiger partial charge in [-0.15, -0.1) is 13.2 Å². The molecule has 2 amide bonds. The third-order valence-corrected chi connectivity index (χ3v) is 3.73. The van der Waals surface area contributed by atoms with Crippen LogP contribution in [0.5, 0.6) is 5.75 Å². The van der Waals surface area contributed by atoms with E-state index in [0.29, 0.717) is 25.1 Å². The van der Waals surface area contributed by atoms with Crippen molar-refractivity contribution < 1.29 is 27.5 Å². The molecule has 1 aliphatic heterocycles. The molecule has 1 heterocycles. The van der Waals surface area contributed by atoms with Crippen molar-refractivity contribution in [1.82, 2.24) is 5.32 Å². The Hall–Kier alpha value is -2.29. The van der Waals surface area contributed by atoms with Crippen molar-refractivity contribution in [1.29, 1.82) is 0 Å². The number of hydrogen-bond acceptors (Lipinski definition) is 4. The monoisotopic (exact) mass is 359 g/mol. The van der Waals surface area contributed by atoms with Crippen LogP contribution in [-0.4, -0.2) is 36.8 Å². The van der Waals surface area contributed by atoms with Gasteiger partial charge in [0.05, 0.1) is 0 Å². The van der Waals surface area contributed by atoms with Gasteiger partial charge in [0, 0.05) is 30.8 Å². The molecule has 0 radical (unpaired) electrons. The molecule has 9 heteroatoms. The lowest BCUT2D eigenvalue weighted by molar-refractivity contribution is -0.274. The quantitative estimate of drug-likeness (QED) is 0.813. The number of nitrogens with one attached hydrogen (secondary N) is 1. The predicted molar refractivity (Wildman–Crippen MR) is 84.9 cm³/mol. The van der Waals surface area contributed by atoms with E-state index in [2.05, 4.69) is 10.1 Å². The first-order chi connectivity index (χ1) is 11.7. The Labute approximate surface area is 143 Å². The van der Waals surface area contributed by atoms with E-state index in [4.69, 9.17) is 5.73 Å². The van der Waals surface area contributed by atoms with E-state index >= 15 is 0 Å². The summed E-state index contributed by atoms with van der Waals surface area (Å²) in [7, 11) is 0. The van der Waals surface area contributed by atoms with E-state index in [-0.39, 0.29) is 24.3 Å². The first-order valence-electron chi connectivity index (χ1n) is 7.88. The van der Waals surface area contributed by atoms with Crippen LogP contribution in [0.3, 0.4) is 0 Å². The van der Waals surface area contributed by atoms with Crippen molar-refractivity contribution >= 4 is 17.5 Å². The molecule has 3 N–H and O–H groups in total. The Morgan fingerprint density at radius 1 is 1.48 bits per heavy atom. The molecule has 6 nitrogen and oxygen atoms in total. The first kappa shape index (κ1) is 19.0. The zero-order chi connectivity index (χ0) is 18.6. The van der Waals surface area contributed by atoms with Gasteiger partial charge < -0.3 is 20.7 Å². The molecule has 138 valence electrons. The van der Waals surface area contributed by atoms with Crippen LogP contribution < -0.4 is 20.7 Å². The summed E-state index contributed by atoms with van der Waals surface area (Å²) in [6, 6.07) is 4.39. The summed E-state index contributed by atoms with van der Waals surface area (Å²) in [5.74, 6) is -1.04. The van der Waals surface area contributed by atoms with E-state index in [0.717, 1.165) is 12.1 Å². The molecular weight excluding hydrogens is 339 g/mol. The van der Waals surface area contributed by atoms with Gasteiger partial charge in [-0.2, -0.15) is 0 Å². The maximum absolute atomic E-state index is 12.4. The van der Waals surface area contributed by atoms with E-state index in [1.54, 1.807) is 6.92 Å². The molecule has 1 saturated heterocycles. The van der Waals surface area contributed by atoms with Gasteiger partial charge in [-0.25, -0.2) is 0 Å². The number of rotatable bonds is 6. The van der Waals surface area contributed by atoms with Gasteiger partial charge >= 0.3 is 6.36 Å². The van der Waals surface area contributed by atoms with Crippen molar-refractivity contribution in [3.05, 3.63) is 24.3 Å². The van der Waals surface area contributed by atoms with E-state index in [1.165, 1.54) is 17.0 Å². The van der Waals surface area contributed by atoms with Crippen molar-refractivity contribution in [3.63, 3.8) is 0 Å². The van der Waals surface area contributed by atoms with Gasteiger partial charge in [0.2, 0.25) is 11.8 Å². The average molecular weight is 359 g/mol. The smallest absolute Gasteiger partial charge is 0.406 e. The summed E-state index contributed by atoms with van der Waals surface area (Å²) in [4.78, 5) is 25.6. The number of alkyl halides is 3. The van der Waals surface area contributed by atoms with Crippen LogP contribution in [0.2, 0.25) is 0 Å². The minimum absolute atomic E-state index is 0.113. The molecule has 0 aliphatic carbocycles. The number of nitrogens with zero attached hydrogens (tertiary/aromatic N) is 1. The number of benzene rings is 1. The van der Waals surface area contributed by atoms with Gasteiger partial charge in [0.25, 0.3) is 0 Å². The van der Waals surface area contributed by atoms with Crippen LogP contribution >= 0.6 is 0 Å². The minimum atomic E-state index is -4.80. The third-order valence-electron chi connectivity index (χ3n) is 3.73. The van der Waals surface area contributed by atoms with E-state index in [1.807, 2.05) is 0 Å². The fourth-order valence-electron chi connectivity index (χ4n) is 2.54. The standard InChI is InChI=1S/C16H20F3N3O3/c1-10(20)5-6-14(23)21-13-7-8-22(15(13)24)11-3-2-4-12(9-11)25-16(17,18)19/h2-4,9-10,13H,5-8,20H2,1H3,(H,21,23). The molecule has 1 aromatic carbocycles. The minimum Gasteiger partial charge on any atom is -0.406 e. The molecule has 1 fully saturated rings. The number of amides is 2. The van der Waals surface area contributed by atoms with Crippen LogP contribution in [0.4, 0.5) is 18.9 Å². The lowest BCUT2D eigenvalue weighted by Crippen LogP contribution is -2.41. The zero-order valence-corrected chi connectivity index (χ0v) is 13.7. The lowest BCUT2D eigenvalue weighted by Gasteiger charge is -2.18. The molecule has 0 aromatic heterocycles. The highest BCUT2D eigenvalue weighted by molar-refractivity contribution is 6.01. The van der Waals surface area contributed by atoms with Gasteiger partial charge in [-0.1, -0.05) is 6.07 Å². The number of anilines is 1. The number of nitrogens with two attached hydrogens (primary N) is 1. The molecule has 2 atom stereocenters. The van der Waals surface area contributed by atoms with E-state index in [9.17, 15) is 22.8 Å². The van der Waals surface area contributed by atoms with Crippen molar-refractivity contribution in [3.8, 4) is 5.75 Å². The molecule has 0 bridgehead atoms. The fraction of sp³-hybridized carbons (Fsp3) is 0.500. The molecule has 1 aromatic rings. The van der Waals surface area contributed by atoms with Crippen LogP contribution in [0.15, 0.2) is 24.3 Å². The topological polar surface area (TPSA) is 84.7 Å². The second kappa shape index (κ2) is 7.73. The van der Waals surface area contributed by atoms with Crippen LogP contribution in [0, 0.1) is 0 Å². The Bertz CT molecular complexity index is 635. The SMILES string of the molecule is CC(N)CCC(=O)NC1CCN(c2cccc(OC(F)(F)F)c2)C1=O. The maximum atomic E-state index is 12.4. The molecule has 2 rings (SSSR count). The Balaban J connectivity index is 1.99. The van der Waals surface area contributed by atoms with Gasteiger partial charge in [0.1, 0.15) is 11.8 Å². The summed E-state index contributed by atoms with van der Waals surface area (Å²) in [6.45, 7) is 2.08. The van der Waals surface area contributed by atoms with Crippen molar-refractivity contribution in [2.24, 2.45) is 5.73 Å². The van der Waals surface area contributed by atoms with Crippen LogP contribution in [0.25, 0.3) is 0 Å². The second-order valence-corrected chi connectivity index (χ2v) is 5.96. The van der Waals surface area contributed by atoms with E-state index < -0.39 is 18.2 Å². The predicted octanol–water partition coefficient (Wildman–Crippen LogP) is 1.93. The highest BCUT2D eigenvalue weighted by Gasteiger charge is 2.35. The summed E-state index contributed by atoms with van der Waals surface area (Å²) in [6.07, 6.45) is -3.69. The number of ether oxygens (including phenoxy) is 1. The highest BCUT2D eigenvalue weighted by Crippen LogP contribution is 2.29. The average Bonchev–Trinajstić information content (AvgIpc) is 2.85. The highest BCUT2D eigenvalue weighted by atomic mass is 19.4. The maximum Gasteiger partial charge on any atom is 0.573 e. The molecule has 0 spiro atoms. The summed E-state index contributed by atoms with van der Waals surface area (Å²) in [5, 5.41) is 2.64. The molecule has 0 saturated carbocycles. The first-order valence-corrected chi connectivity index (χ1v) is 7.88. The number of carbonyl (C=O) groups is 2. The third kappa shape index (κ3) is 5.63. The number of halogens is 3. The summed E-state index contributed by atoms with van der Waals surface area (Å²) in [5.41, 5.74) is 5.88. The Kier molecular flexibility index (Phi) is 5.89. The van der Waals surface area contributed by atoms with Gasteiger partial charge in [-0.05, 0) is 31.9 Å². The van der Waals surface area contributed by atoms with Crippen LogP contribution in [-0.2, 0) is 9.59 Å². The Morgan fingerprint density at radius 3 is 2.84 bits per heavy atom. The largest absolute Gasteiger partial charge is 0.573 e. The summed E-state index contributed by atoms with van der Waals surface area (Å²) < 4.78 is 40.8.